The molecule has 0 aliphatic heterocycles. The molecule has 0 aromatic heterocycles. The minimum absolute atomic E-state index is 0.349. The summed E-state index contributed by atoms with van der Waals surface area (Å²) in [5.74, 6) is -1.39. The third kappa shape index (κ3) is 3.81. The highest BCUT2D eigenvalue weighted by Gasteiger charge is 2.18. The summed E-state index contributed by atoms with van der Waals surface area (Å²) in [6.07, 6.45) is 0.912. The van der Waals surface area contributed by atoms with Crippen LogP contribution in [0.5, 0.6) is 0 Å². The van der Waals surface area contributed by atoms with E-state index in [-0.39, 0.29) is 5.91 Å². The number of amides is 1. The Labute approximate surface area is 128 Å². The number of carbonyl (C=O) groups excluding carboxylic acids is 1. The molecule has 0 unspecified atom stereocenters. The number of nitrogens with two attached hydrogens (primary N) is 1. The summed E-state index contributed by atoms with van der Waals surface area (Å²) in [7, 11) is 0. The fraction of sp³-hybridized carbons (Fsp3) is 0.250. The van der Waals surface area contributed by atoms with E-state index < -0.39 is 12.0 Å². The van der Waals surface area contributed by atoms with Crippen molar-refractivity contribution in [1.29, 1.82) is 0 Å². The molecule has 5 N–H and O–H groups in total. The van der Waals surface area contributed by atoms with Gasteiger partial charge in [0, 0.05) is 5.56 Å². The number of nitrogens with one attached hydrogen (secondary N) is 2. The van der Waals surface area contributed by atoms with Crippen molar-refractivity contribution in [3.63, 3.8) is 0 Å². The van der Waals surface area contributed by atoms with Crippen LogP contribution in [0.3, 0.4) is 0 Å². The topological polar surface area (TPSA) is 104 Å². The SMILES string of the molecule is NCCC[C@H](NNC(=O)c1cccc2ccccc12)C(=O)O. The van der Waals surface area contributed by atoms with E-state index in [1.807, 2.05) is 30.3 Å². The summed E-state index contributed by atoms with van der Waals surface area (Å²) in [4.78, 5) is 23.4. The molecule has 6 heteroatoms. The van der Waals surface area contributed by atoms with Crippen LogP contribution in [0, 0.1) is 0 Å². The Morgan fingerprint density at radius 1 is 1.14 bits per heavy atom. The second-order valence-corrected chi connectivity index (χ2v) is 4.95. The van der Waals surface area contributed by atoms with Gasteiger partial charge in [-0.05, 0) is 36.2 Å². The predicted octanol–water partition coefficient (Wildman–Crippen LogP) is 1.27. The molecule has 0 saturated carbocycles. The van der Waals surface area contributed by atoms with Crippen LogP contribution in [-0.4, -0.2) is 29.6 Å². The maximum absolute atomic E-state index is 12.3. The fourth-order valence-electron chi connectivity index (χ4n) is 2.22. The van der Waals surface area contributed by atoms with Crippen LogP contribution >= 0.6 is 0 Å². The molecular weight excluding hydrogens is 282 g/mol. The highest BCUT2D eigenvalue weighted by molar-refractivity contribution is 6.06. The molecule has 1 amide bonds. The molecule has 0 saturated heterocycles. The second kappa shape index (κ2) is 7.53. The summed E-state index contributed by atoms with van der Waals surface area (Å²) in [5, 5.41) is 10.9. The maximum Gasteiger partial charge on any atom is 0.322 e. The molecule has 0 heterocycles. The van der Waals surface area contributed by atoms with Gasteiger partial charge < -0.3 is 10.8 Å². The summed E-state index contributed by atoms with van der Waals surface area (Å²) < 4.78 is 0. The van der Waals surface area contributed by atoms with Gasteiger partial charge in [-0.25, -0.2) is 5.43 Å². The molecule has 2 rings (SSSR count). The number of rotatable bonds is 7. The number of hydrogen-bond acceptors (Lipinski definition) is 4. The van der Waals surface area contributed by atoms with Gasteiger partial charge in [-0.15, -0.1) is 0 Å². The fourth-order valence-corrected chi connectivity index (χ4v) is 2.22. The van der Waals surface area contributed by atoms with Crippen molar-refractivity contribution in [3.05, 3.63) is 48.0 Å². The molecule has 6 nitrogen and oxygen atoms in total. The number of benzene rings is 2. The molecule has 2 aromatic rings. The molecule has 0 fully saturated rings. The number of carboxylic acids is 1. The highest BCUT2D eigenvalue weighted by atomic mass is 16.4. The van der Waals surface area contributed by atoms with Crippen molar-refractivity contribution in [1.82, 2.24) is 10.9 Å². The standard InChI is InChI=1S/C16H19N3O3/c17-10-4-9-14(16(21)22)18-19-15(20)13-8-3-6-11-5-1-2-7-12(11)13/h1-3,5-8,14,18H,4,9-10,17H2,(H,19,20)(H,21,22)/t14-/m0/s1. The van der Waals surface area contributed by atoms with Crippen LogP contribution in [0.15, 0.2) is 42.5 Å². The van der Waals surface area contributed by atoms with Gasteiger partial charge in [0.2, 0.25) is 0 Å². The summed E-state index contributed by atoms with van der Waals surface area (Å²) in [6.45, 7) is 0.405. The summed E-state index contributed by atoms with van der Waals surface area (Å²) >= 11 is 0. The van der Waals surface area contributed by atoms with Crippen LogP contribution in [0.2, 0.25) is 0 Å². The Balaban J connectivity index is 2.09. The zero-order valence-corrected chi connectivity index (χ0v) is 12.1. The maximum atomic E-state index is 12.3. The number of hydrazine groups is 1. The van der Waals surface area contributed by atoms with Crippen LogP contribution in [0.25, 0.3) is 10.8 Å². The molecule has 1 atom stereocenters. The van der Waals surface area contributed by atoms with E-state index in [9.17, 15) is 9.59 Å². The average Bonchev–Trinajstić information content (AvgIpc) is 2.53. The number of carbonyl (C=O) groups is 2. The summed E-state index contributed by atoms with van der Waals surface area (Å²) in [5.41, 5.74) is 10.9. The lowest BCUT2D eigenvalue weighted by atomic mass is 10.0. The van der Waals surface area contributed by atoms with Gasteiger partial charge in [0.25, 0.3) is 5.91 Å². The molecule has 0 bridgehead atoms. The Kier molecular flexibility index (Phi) is 5.46. The first-order valence-corrected chi connectivity index (χ1v) is 7.10. The zero-order valence-electron chi connectivity index (χ0n) is 12.1. The van der Waals surface area contributed by atoms with Gasteiger partial charge in [0.1, 0.15) is 6.04 Å². The van der Waals surface area contributed by atoms with Gasteiger partial charge in [-0.2, -0.15) is 0 Å². The van der Waals surface area contributed by atoms with Gasteiger partial charge in [0.15, 0.2) is 0 Å². The lowest BCUT2D eigenvalue weighted by molar-refractivity contribution is -0.139. The average molecular weight is 301 g/mol. The smallest absolute Gasteiger partial charge is 0.322 e. The molecule has 0 aliphatic rings. The highest BCUT2D eigenvalue weighted by Crippen LogP contribution is 2.18. The first-order valence-electron chi connectivity index (χ1n) is 7.10. The monoisotopic (exact) mass is 301 g/mol. The molecule has 0 spiro atoms. The third-order valence-corrected chi connectivity index (χ3v) is 3.39. The lowest BCUT2D eigenvalue weighted by Crippen LogP contribution is -2.48. The van der Waals surface area contributed by atoms with Crippen molar-refractivity contribution in [2.75, 3.05) is 6.54 Å². The minimum atomic E-state index is -1.02. The lowest BCUT2D eigenvalue weighted by Gasteiger charge is -2.15. The van der Waals surface area contributed by atoms with E-state index in [1.165, 1.54) is 0 Å². The zero-order chi connectivity index (χ0) is 15.9. The van der Waals surface area contributed by atoms with Crippen molar-refractivity contribution in [2.45, 2.75) is 18.9 Å². The molecule has 2 aromatic carbocycles. The quantitative estimate of drug-likeness (QED) is 0.576. The molecule has 22 heavy (non-hydrogen) atoms. The molecule has 0 aliphatic carbocycles. The third-order valence-electron chi connectivity index (χ3n) is 3.39. The van der Waals surface area contributed by atoms with Crippen molar-refractivity contribution in [3.8, 4) is 0 Å². The minimum Gasteiger partial charge on any atom is -0.480 e. The number of carboxylic acid groups (broad SMARTS) is 1. The van der Waals surface area contributed by atoms with E-state index in [0.717, 1.165) is 10.8 Å². The Morgan fingerprint density at radius 2 is 1.86 bits per heavy atom. The van der Waals surface area contributed by atoms with Gasteiger partial charge in [-0.3, -0.25) is 15.0 Å². The van der Waals surface area contributed by atoms with E-state index in [4.69, 9.17) is 10.8 Å². The van der Waals surface area contributed by atoms with Crippen LogP contribution in [0.1, 0.15) is 23.2 Å². The van der Waals surface area contributed by atoms with Gasteiger partial charge >= 0.3 is 5.97 Å². The van der Waals surface area contributed by atoms with E-state index in [0.29, 0.717) is 24.9 Å². The molecule has 116 valence electrons. The Hall–Kier alpha value is -2.44. The van der Waals surface area contributed by atoms with E-state index in [2.05, 4.69) is 10.9 Å². The molecule has 0 radical (unpaired) electrons. The van der Waals surface area contributed by atoms with Crippen LogP contribution in [0.4, 0.5) is 0 Å². The van der Waals surface area contributed by atoms with Crippen molar-refractivity contribution in [2.24, 2.45) is 5.73 Å². The Bertz CT molecular complexity index is 667. The van der Waals surface area contributed by atoms with Crippen molar-refractivity contribution >= 4 is 22.6 Å². The first-order chi connectivity index (χ1) is 10.6. The largest absolute Gasteiger partial charge is 0.480 e. The number of hydrogen-bond donors (Lipinski definition) is 4. The first kappa shape index (κ1) is 15.9. The summed E-state index contributed by atoms with van der Waals surface area (Å²) in [6, 6.07) is 12.1. The van der Waals surface area contributed by atoms with E-state index in [1.54, 1.807) is 12.1 Å². The predicted molar refractivity (Wildman–Crippen MR) is 84.3 cm³/mol. The van der Waals surface area contributed by atoms with E-state index >= 15 is 0 Å². The van der Waals surface area contributed by atoms with Crippen LogP contribution in [-0.2, 0) is 4.79 Å². The van der Waals surface area contributed by atoms with Gasteiger partial charge in [0.05, 0.1) is 0 Å². The Morgan fingerprint density at radius 3 is 2.59 bits per heavy atom. The van der Waals surface area contributed by atoms with Crippen molar-refractivity contribution < 1.29 is 14.7 Å². The van der Waals surface area contributed by atoms with Crippen LogP contribution < -0.4 is 16.6 Å². The van der Waals surface area contributed by atoms with Gasteiger partial charge in [-0.1, -0.05) is 36.4 Å². The number of fused-ring (bicyclic) bond motifs is 1. The second-order valence-electron chi connectivity index (χ2n) is 4.95. The molecular formula is C16H19N3O3. The normalized spacial score (nSPS) is 12.0. The number of aliphatic carboxylic acids is 1.